The molecule has 10 heteroatoms. The number of ether oxygens (including phenoxy) is 4. The van der Waals surface area contributed by atoms with Gasteiger partial charge in [0.15, 0.2) is 17.3 Å². The number of carbonyl (C=O) groups excluding carboxylic acids is 3. The van der Waals surface area contributed by atoms with Crippen LogP contribution in [0.15, 0.2) is 34.8 Å². The van der Waals surface area contributed by atoms with Gasteiger partial charge in [-0.1, -0.05) is 37.3 Å². The smallest absolute Gasteiger partial charge is 0.417 e. The molecule has 0 unspecified atom stereocenters. The molecule has 1 saturated heterocycles. The molecule has 1 N–H and O–H groups in total. The fourth-order valence-corrected chi connectivity index (χ4v) is 5.51. The fourth-order valence-electron chi connectivity index (χ4n) is 4.63. The number of benzene rings is 2. The van der Waals surface area contributed by atoms with E-state index < -0.39 is 41.8 Å². The van der Waals surface area contributed by atoms with Crippen LogP contribution < -0.4 is 14.2 Å². The third kappa shape index (κ3) is 5.45. The van der Waals surface area contributed by atoms with Gasteiger partial charge in [-0.15, -0.1) is 0 Å². The molecule has 0 aliphatic carbocycles. The van der Waals surface area contributed by atoms with Gasteiger partial charge in [-0.3, -0.25) is 9.59 Å². The van der Waals surface area contributed by atoms with E-state index in [9.17, 15) is 19.5 Å². The second-order valence-corrected chi connectivity index (χ2v) is 9.73. The summed E-state index contributed by atoms with van der Waals surface area (Å²) >= 11 is 3.46. The molecule has 2 aromatic rings. The van der Waals surface area contributed by atoms with E-state index >= 15 is 0 Å². The van der Waals surface area contributed by atoms with Crippen LogP contribution in [-0.4, -0.2) is 61.8 Å². The monoisotopic (exact) mass is 577 g/mol. The molecule has 1 aliphatic heterocycles. The van der Waals surface area contributed by atoms with Gasteiger partial charge in [-0.2, -0.15) is 0 Å². The van der Waals surface area contributed by atoms with Crippen molar-refractivity contribution in [1.29, 1.82) is 0 Å². The van der Waals surface area contributed by atoms with Crippen molar-refractivity contribution >= 4 is 33.7 Å². The minimum atomic E-state index is -1.37. The Bertz CT molecular complexity index is 1170. The lowest BCUT2D eigenvalue weighted by atomic mass is 9.86. The predicted octanol–water partition coefficient (Wildman–Crippen LogP) is 4.25. The summed E-state index contributed by atoms with van der Waals surface area (Å²) in [4.78, 5) is 40.2. The molecule has 0 radical (unpaired) electrons. The van der Waals surface area contributed by atoms with Crippen molar-refractivity contribution < 1.29 is 38.4 Å². The normalized spacial score (nSPS) is 17.6. The van der Waals surface area contributed by atoms with Gasteiger partial charge in [0.25, 0.3) is 0 Å². The summed E-state index contributed by atoms with van der Waals surface area (Å²) in [6, 6.07) is 8.88. The van der Waals surface area contributed by atoms with Crippen molar-refractivity contribution in [3.8, 4) is 17.2 Å². The average Bonchev–Trinajstić information content (AvgIpc) is 3.26. The van der Waals surface area contributed by atoms with Gasteiger partial charge in [0, 0.05) is 17.0 Å². The zero-order valence-corrected chi connectivity index (χ0v) is 23.3. The Morgan fingerprint density at radius 1 is 1.08 bits per heavy atom. The second kappa shape index (κ2) is 12.0. The summed E-state index contributed by atoms with van der Waals surface area (Å²) in [5.74, 6) is -2.44. The van der Waals surface area contributed by atoms with Crippen LogP contribution in [0, 0.1) is 18.8 Å². The molecule has 0 spiro atoms. The van der Waals surface area contributed by atoms with Gasteiger partial charge in [-0.05, 0) is 41.8 Å². The molecular weight excluding hydrogens is 546 g/mol. The zero-order chi connectivity index (χ0) is 27.4. The summed E-state index contributed by atoms with van der Waals surface area (Å²) in [7, 11) is 4.37. The molecule has 200 valence electrons. The topological polar surface area (TPSA) is 112 Å². The number of cyclic esters (lactones) is 1. The number of hydrogen-bond acceptors (Lipinski definition) is 8. The minimum absolute atomic E-state index is 0.0473. The number of nitrogens with zero attached hydrogens (tertiary/aromatic N) is 1. The van der Waals surface area contributed by atoms with E-state index in [0.717, 1.165) is 10.5 Å². The molecule has 1 aliphatic rings. The Hall–Kier alpha value is -3.11. The lowest BCUT2D eigenvalue weighted by Crippen LogP contribution is -2.46. The SMILES string of the molecule is COc1c(C)c(OC)c(OC)c([C@H](O)[C@H](C)C(=O)[C@@H](C)C(=O)N2C(=O)OC[C@H]2Cc2ccccc2)c1Br. The molecule has 0 bridgehead atoms. The van der Waals surface area contributed by atoms with E-state index in [1.54, 1.807) is 6.92 Å². The number of aliphatic hydroxyl groups is 1. The number of Topliss-reactive ketones (excluding diaryl/α,β-unsaturated/α-hetero) is 1. The molecule has 37 heavy (non-hydrogen) atoms. The van der Waals surface area contributed by atoms with Crippen LogP contribution in [0.25, 0.3) is 0 Å². The maximum atomic E-state index is 13.4. The molecule has 2 aromatic carbocycles. The highest BCUT2D eigenvalue weighted by atomic mass is 79.9. The number of carbonyl (C=O) groups is 3. The fraction of sp³-hybridized carbons (Fsp3) is 0.444. The summed E-state index contributed by atoms with van der Waals surface area (Å²) in [5.41, 5.74) is 1.83. The van der Waals surface area contributed by atoms with Crippen LogP contribution in [0.3, 0.4) is 0 Å². The first-order valence-electron chi connectivity index (χ1n) is 11.8. The van der Waals surface area contributed by atoms with Gasteiger partial charge in [0.1, 0.15) is 12.4 Å². The van der Waals surface area contributed by atoms with Gasteiger partial charge in [0.05, 0.1) is 43.9 Å². The number of imide groups is 1. The Balaban J connectivity index is 1.87. The van der Waals surface area contributed by atoms with Crippen molar-refractivity contribution in [2.45, 2.75) is 39.3 Å². The standard InChI is InChI=1S/C27H32BrNO8/c1-14(22(31)19-20(28)23(34-4)16(3)24(35-5)25(19)36-6)21(30)15(2)26(32)29-18(13-37-27(29)33)12-17-10-8-7-9-11-17/h7-11,14-15,18,22,31H,12-13H2,1-6H3/t14-,15-,18-,22-/m1/s1. The van der Waals surface area contributed by atoms with Crippen LogP contribution >= 0.6 is 15.9 Å². The summed E-state index contributed by atoms with van der Waals surface area (Å²) in [6.45, 7) is 4.77. The first-order valence-corrected chi connectivity index (χ1v) is 12.6. The molecule has 2 amide bonds. The summed E-state index contributed by atoms with van der Waals surface area (Å²) in [5, 5.41) is 11.3. The van der Waals surface area contributed by atoms with Crippen molar-refractivity contribution in [2.75, 3.05) is 27.9 Å². The Morgan fingerprint density at radius 2 is 1.68 bits per heavy atom. The van der Waals surface area contributed by atoms with Gasteiger partial charge in [-0.25, -0.2) is 9.69 Å². The Kier molecular flexibility index (Phi) is 9.20. The van der Waals surface area contributed by atoms with Crippen LogP contribution in [0.2, 0.25) is 0 Å². The number of amides is 2. The summed E-state index contributed by atoms with van der Waals surface area (Å²) in [6.07, 6.45) is -1.75. The molecule has 0 aromatic heterocycles. The van der Waals surface area contributed by atoms with Gasteiger partial charge in [0.2, 0.25) is 5.91 Å². The molecular formula is C27H32BrNO8. The molecule has 1 fully saturated rings. The maximum absolute atomic E-state index is 13.4. The van der Waals surface area contributed by atoms with Crippen molar-refractivity contribution in [3.05, 3.63) is 51.5 Å². The van der Waals surface area contributed by atoms with Crippen molar-refractivity contribution in [1.82, 2.24) is 4.90 Å². The van der Waals surface area contributed by atoms with Crippen molar-refractivity contribution in [2.24, 2.45) is 11.8 Å². The zero-order valence-electron chi connectivity index (χ0n) is 21.7. The van der Waals surface area contributed by atoms with Crippen LogP contribution in [0.4, 0.5) is 4.79 Å². The van der Waals surface area contributed by atoms with E-state index in [4.69, 9.17) is 18.9 Å². The van der Waals surface area contributed by atoms with Crippen LogP contribution in [-0.2, 0) is 20.7 Å². The molecule has 0 saturated carbocycles. The minimum Gasteiger partial charge on any atom is -0.495 e. The van der Waals surface area contributed by atoms with E-state index in [1.807, 2.05) is 30.3 Å². The van der Waals surface area contributed by atoms with Crippen LogP contribution in [0.1, 0.15) is 36.6 Å². The largest absolute Gasteiger partial charge is 0.495 e. The lowest BCUT2D eigenvalue weighted by Gasteiger charge is -2.28. The number of methoxy groups -OCH3 is 3. The van der Waals surface area contributed by atoms with E-state index in [0.29, 0.717) is 28.0 Å². The molecule has 1 heterocycles. The number of halogens is 1. The quantitative estimate of drug-likeness (QED) is 0.417. The second-order valence-electron chi connectivity index (χ2n) is 8.94. The predicted molar refractivity (Wildman–Crippen MR) is 139 cm³/mol. The highest BCUT2D eigenvalue weighted by molar-refractivity contribution is 9.10. The lowest BCUT2D eigenvalue weighted by molar-refractivity contribution is -0.142. The number of rotatable bonds is 10. The Morgan fingerprint density at radius 3 is 2.24 bits per heavy atom. The first-order chi connectivity index (χ1) is 17.6. The number of aliphatic hydroxyl groups excluding tert-OH is 1. The Labute approximate surface area is 224 Å². The van der Waals surface area contributed by atoms with Crippen molar-refractivity contribution in [3.63, 3.8) is 0 Å². The third-order valence-electron chi connectivity index (χ3n) is 6.71. The number of ketones is 1. The molecule has 4 atom stereocenters. The van der Waals surface area contributed by atoms with Gasteiger partial charge < -0.3 is 24.1 Å². The third-order valence-corrected chi connectivity index (χ3v) is 7.50. The highest BCUT2D eigenvalue weighted by Crippen LogP contribution is 2.50. The average molecular weight is 578 g/mol. The first kappa shape index (κ1) is 28.5. The summed E-state index contributed by atoms with van der Waals surface area (Å²) < 4.78 is 22.1. The van der Waals surface area contributed by atoms with E-state index in [-0.39, 0.29) is 17.9 Å². The number of hydrogen-bond donors (Lipinski definition) is 1. The van der Waals surface area contributed by atoms with Crippen LogP contribution in [0.5, 0.6) is 17.2 Å². The van der Waals surface area contributed by atoms with Gasteiger partial charge >= 0.3 is 6.09 Å². The molecule has 3 rings (SSSR count). The van der Waals surface area contributed by atoms with E-state index in [1.165, 1.54) is 35.2 Å². The van der Waals surface area contributed by atoms with E-state index in [2.05, 4.69) is 15.9 Å². The highest BCUT2D eigenvalue weighted by Gasteiger charge is 2.43. The molecule has 9 nitrogen and oxygen atoms in total. The maximum Gasteiger partial charge on any atom is 0.417 e.